The Morgan fingerprint density at radius 1 is 0.800 bits per heavy atom. The highest BCUT2D eigenvalue weighted by molar-refractivity contribution is 6.00. The van der Waals surface area contributed by atoms with Crippen LogP contribution in [0.4, 0.5) is 20.3 Å². The smallest absolute Gasteiger partial charge is 0.247 e. The van der Waals surface area contributed by atoms with Crippen molar-refractivity contribution in [3.8, 4) is 17.2 Å². The first-order chi connectivity index (χ1) is 38.3. The van der Waals surface area contributed by atoms with E-state index in [-0.39, 0.29) is 76.5 Å². The van der Waals surface area contributed by atoms with E-state index in [4.69, 9.17) is 14.7 Å². The average Bonchev–Trinajstić information content (AvgIpc) is 4.11. The molecule has 5 aromatic rings. The quantitative estimate of drug-likeness (QED) is 0.0312. The third kappa shape index (κ3) is 18.0. The van der Waals surface area contributed by atoms with Gasteiger partial charge in [0.25, 0.3) is 0 Å². The molecule has 80 heavy (non-hydrogen) atoms. The van der Waals surface area contributed by atoms with E-state index in [1.807, 2.05) is 54.7 Å². The number of nitriles is 1. The fraction of sp³-hybridized carbons (Fsp3) is 0.431. The van der Waals surface area contributed by atoms with Crippen molar-refractivity contribution in [2.75, 3.05) is 63.7 Å². The first kappa shape index (κ1) is 61.2. The van der Waals surface area contributed by atoms with Crippen LogP contribution in [0.3, 0.4) is 0 Å². The minimum atomic E-state index is -1.24. The van der Waals surface area contributed by atoms with Crippen LogP contribution in [-0.4, -0.2) is 132 Å². The molecule has 0 saturated carbocycles. The number of rotatable bonds is 28. The monoisotopic (exact) mass is 1100 g/mol. The van der Waals surface area contributed by atoms with Gasteiger partial charge in [0.15, 0.2) is 0 Å². The number of halogens is 2. The molecule has 1 aliphatic rings. The Balaban J connectivity index is 0.859. The summed E-state index contributed by atoms with van der Waals surface area (Å²) in [5.41, 5.74) is 2.60. The van der Waals surface area contributed by atoms with Gasteiger partial charge in [-0.2, -0.15) is 10.4 Å². The molecule has 3 heterocycles. The number of amides is 6. The van der Waals surface area contributed by atoms with Crippen LogP contribution in [0.2, 0.25) is 0 Å². The Morgan fingerprint density at radius 3 is 2.17 bits per heavy atom. The Morgan fingerprint density at radius 2 is 1.51 bits per heavy atom. The number of likely N-dealkylation sites (N-methyl/N-ethyl adjacent to an activating group) is 1. The summed E-state index contributed by atoms with van der Waals surface area (Å²) < 4.78 is 42.0. The van der Waals surface area contributed by atoms with Gasteiger partial charge in [-0.05, 0) is 85.7 Å². The lowest BCUT2D eigenvalue weighted by atomic mass is 9.85. The lowest BCUT2D eigenvalue weighted by Crippen LogP contribution is -2.59. The van der Waals surface area contributed by atoms with Crippen molar-refractivity contribution in [2.24, 2.45) is 5.41 Å². The van der Waals surface area contributed by atoms with E-state index < -0.39 is 76.6 Å². The van der Waals surface area contributed by atoms with Gasteiger partial charge in [-0.25, -0.2) is 13.8 Å². The molecule has 1 aliphatic heterocycles. The number of benzene rings is 3. The van der Waals surface area contributed by atoms with Crippen molar-refractivity contribution in [1.29, 1.82) is 5.26 Å². The second-order valence-electron chi connectivity index (χ2n) is 20.6. The SMILES string of the molecule is CN[C@@H](C)C(=O)N[C@H](C(=O)N1C[C@@H](NC(=O)CCOCCOCCNC(=O)CCCn2cc(-c3ccc(NC(=O)[C@H](NC[C@@H](C)c4ccc(C#N)cc4)c4ccccc4)nc3)cn2)C[C@H]1C(=O)Nc1c(F)cccc1F)C(C)(C)C. The third-order valence-electron chi connectivity index (χ3n) is 13.5. The van der Waals surface area contributed by atoms with Crippen molar-refractivity contribution < 1.29 is 47.0 Å². The van der Waals surface area contributed by atoms with Crippen LogP contribution in [0.15, 0.2) is 104 Å². The highest BCUT2D eigenvalue weighted by Gasteiger charge is 2.46. The van der Waals surface area contributed by atoms with Gasteiger partial charge in [0, 0.05) is 68.6 Å². The zero-order valence-electron chi connectivity index (χ0n) is 46.0. The summed E-state index contributed by atoms with van der Waals surface area (Å²) >= 11 is 0. The van der Waals surface area contributed by atoms with E-state index in [1.165, 1.54) is 4.90 Å². The molecular weight excluding hydrogens is 1030 g/mol. The summed E-state index contributed by atoms with van der Waals surface area (Å²) in [5, 5.41) is 33.5. The van der Waals surface area contributed by atoms with Gasteiger partial charge in [0.05, 0.1) is 50.3 Å². The van der Waals surface area contributed by atoms with Gasteiger partial charge >= 0.3 is 0 Å². The van der Waals surface area contributed by atoms with E-state index >= 15 is 0 Å². The zero-order valence-corrected chi connectivity index (χ0v) is 46.0. The molecule has 6 atom stereocenters. The predicted molar refractivity (Wildman–Crippen MR) is 296 cm³/mol. The van der Waals surface area contributed by atoms with Crippen LogP contribution in [0, 0.1) is 28.4 Å². The molecule has 0 spiro atoms. The molecule has 0 aliphatic carbocycles. The molecule has 2 aromatic heterocycles. The van der Waals surface area contributed by atoms with Crippen LogP contribution in [0.5, 0.6) is 0 Å². The fourth-order valence-corrected chi connectivity index (χ4v) is 8.79. The van der Waals surface area contributed by atoms with Crippen LogP contribution >= 0.6 is 0 Å². The summed E-state index contributed by atoms with van der Waals surface area (Å²) in [6, 6.07) is 21.5. The van der Waals surface area contributed by atoms with Gasteiger partial charge in [-0.1, -0.05) is 76.2 Å². The Bertz CT molecular complexity index is 2890. The number of carbonyl (C=O) groups excluding carboxylic acids is 6. The van der Waals surface area contributed by atoms with Gasteiger partial charge in [-0.3, -0.25) is 33.4 Å². The summed E-state index contributed by atoms with van der Waals surface area (Å²) in [5.74, 6) is -4.24. The Kier molecular flexibility index (Phi) is 22.9. The number of likely N-dealkylation sites (tertiary alicyclic amines) is 1. The maximum absolute atomic E-state index is 14.6. The van der Waals surface area contributed by atoms with Crippen LogP contribution in [0.1, 0.15) is 89.0 Å². The van der Waals surface area contributed by atoms with Crippen LogP contribution in [-0.2, 0) is 44.8 Å². The average molecular weight is 1100 g/mol. The molecule has 1 fully saturated rings. The van der Waals surface area contributed by atoms with Crippen molar-refractivity contribution in [2.45, 2.75) is 103 Å². The molecule has 1 saturated heterocycles. The number of hydrogen-bond donors (Lipinski definition) is 7. The van der Waals surface area contributed by atoms with E-state index in [1.54, 1.807) is 70.0 Å². The number of nitrogens with zero attached hydrogens (tertiary/aromatic N) is 5. The number of para-hydroxylation sites is 1. The van der Waals surface area contributed by atoms with Crippen molar-refractivity contribution in [3.63, 3.8) is 0 Å². The fourth-order valence-electron chi connectivity index (χ4n) is 8.79. The molecule has 7 N–H and O–H groups in total. The minimum Gasteiger partial charge on any atom is -0.379 e. The summed E-state index contributed by atoms with van der Waals surface area (Å²) in [4.78, 5) is 85.6. The molecule has 3 aromatic carbocycles. The first-order valence-corrected chi connectivity index (χ1v) is 26.7. The number of carbonyl (C=O) groups is 6. The number of pyridine rings is 1. The summed E-state index contributed by atoms with van der Waals surface area (Å²) in [7, 11) is 1.60. The molecule has 426 valence electrons. The highest BCUT2D eigenvalue weighted by Crippen LogP contribution is 2.29. The zero-order chi connectivity index (χ0) is 57.8. The number of ether oxygens (including phenoxy) is 2. The number of nitrogens with one attached hydrogen (secondary N) is 7. The van der Waals surface area contributed by atoms with Crippen molar-refractivity contribution in [1.82, 2.24) is 46.2 Å². The second-order valence-corrected chi connectivity index (χ2v) is 20.6. The third-order valence-corrected chi connectivity index (χ3v) is 13.5. The molecule has 6 amide bonds. The first-order valence-electron chi connectivity index (χ1n) is 26.7. The van der Waals surface area contributed by atoms with Gasteiger partial charge in [0.1, 0.15) is 41.3 Å². The van der Waals surface area contributed by atoms with Crippen LogP contribution in [0.25, 0.3) is 11.1 Å². The molecule has 0 unspecified atom stereocenters. The van der Waals surface area contributed by atoms with Crippen molar-refractivity contribution in [3.05, 3.63) is 132 Å². The van der Waals surface area contributed by atoms with E-state index in [0.29, 0.717) is 30.9 Å². The summed E-state index contributed by atoms with van der Waals surface area (Å²) in [6.07, 6.45) is 5.95. The Labute approximate surface area is 465 Å². The normalized spacial score (nSPS) is 15.7. The van der Waals surface area contributed by atoms with Crippen molar-refractivity contribution >= 4 is 46.9 Å². The number of hydrogen-bond acceptors (Lipinski definition) is 13. The van der Waals surface area contributed by atoms with E-state index in [0.717, 1.165) is 40.5 Å². The topological polar surface area (TPSA) is 263 Å². The summed E-state index contributed by atoms with van der Waals surface area (Å²) in [6.45, 7) is 10.8. The molecular formula is C58H72F2N12O8. The lowest BCUT2D eigenvalue weighted by Gasteiger charge is -2.36. The van der Waals surface area contributed by atoms with Crippen LogP contribution < -0.4 is 37.2 Å². The molecule has 20 nitrogen and oxygen atoms in total. The maximum atomic E-state index is 14.6. The number of anilines is 2. The highest BCUT2D eigenvalue weighted by atomic mass is 19.1. The predicted octanol–water partition coefficient (Wildman–Crippen LogP) is 5.35. The van der Waals surface area contributed by atoms with E-state index in [9.17, 15) is 37.5 Å². The molecule has 6 rings (SSSR count). The van der Waals surface area contributed by atoms with E-state index in [2.05, 4.69) is 60.3 Å². The maximum Gasteiger partial charge on any atom is 0.247 e. The lowest BCUT2D eigenvalue weighted by molar-refractivity contribution is -0.143. The minimum absolute atomic E-state index is 0.0404. The van der Waals surface area contributed by atoms with Gasteiger partial charge in [0.2, 0.25) is 35.4 Å². The van der Waals surface area contributed by atoms with Gasteiger partial charge < -0.3 is 51.6 Å². The second kappa shape index (κ2) is 29.8. The Hall–Kier alpha value is -7.97. The molecule has 22 heteroatoms. The number of aromatic nitrogens is 3. The molecule has 0 radical (unpaired) electrons. The number of aryl methyl sites for hydroxylation is 1. The molecule has 0 bridgehead atoms. The standard InChI is InChI=1S/C58H72F2N12O8/c1-37(40-19-17-39(31-61)18-20-40)32-65-51(41-12-8-7-9-13-41)56(77)68-48-22-21-42(33-64-48)43-34-66-71(35-43)25-11-16-49(73)63-24-27-80-29-28-79-26-23-50(74)67-44-30-47(55(76)69-52-45(59)14-10-15-46(52)60)72(36-44)57(78)53(58(3,4)5)70-54(75)38(2)62-6/h7-10,12-15,17-22,33-35,37-38,44,47,51,53,62,65H,11,16,23-30,32,36H2,1-6H3,(H,63,73)(H,67,74)(H,69,76)(H,70,75)(H,64,68,77)/t37-,38+,44+,47+,51-,53-/m1/s1. The largest absolute Gasteiger partial charge is 0.379 e. The van der Waals surface area contributed by atoms with Gasteiger partial charge in [-0.15, -0.1) is 0 Å².